The molecule has 0 bridgehead atoms. The smallest absolute Gasteiger partial charge is 0.306 e. The lowest BCUT2D eigenvalue weighted by molar-refractivity contribution is -0.151. The zero-order chi connectivity index (χ0) is 16.3. The van der Waals surface area contributed by atoms with E-state index in [1.807, 2.05) is 6.92 Å². The molecule has 0 radical (unpaired) electrons. The van der Waals surface area contributed by atoms with Crippen LogP contribution in [0.1, 0.15) is 45.4 Å². The zero-order valence-electron chi connectivity index (χ0n) is 13.5. The molecule has 0 unspecified atom stereocenters. The van der Waals surface area contributed by atoms with Gasteiger partial charge in [-0.1, -0.05) is 13.3 Å². The van der Waals surface area contributed by atoms with Gasteiger partial charge in [0, 0.05) is 25.6 Å². The third-order valence-electron chi connectivity index (χ3n) is 5.36. The number of carbonyl (C=O) groups is 3. The summed E-state index contributed by atoms with van der Waals surface area (Å²) in [5.41, 5.74) is -0.245. The van der Waals surface area contributed by atoms with E-state index in [1.54, 1.807) is 16.8 Å². The number of carboxylic acid groups (broad SMARTS) is 1. The molecule has 0 aromatic rings. The molecule has 2 rings (SSSR count). The van der Waals surface area contributed by atoms with Crippen LogP contribution < -0.4 is 0 Å². The van der Waals surface area contributed by atoms with E-state index < -0.39 is 5.97 Å². The summed E-state index contributed by atoms with van der Waals surface area (Å²) in [5.74, 6) is -1.13. The van der Waals surface area contributed by atoms with Crippen molar-refractivity contribution in [1.82, 2.24) is 9.80 Å². The average molecular weight is 310 g/mol. The Kier molecular flexibility index (Phi) is 5.08. The van der Waals surface area contributed by atoms with Gasteiger partial charge in [-0.05, 0) is 32.1 Å². The van der Waals surface area contributed by atoms with E-state index in [-0.39, 0.29) is 29.7 Å². The van der Waals surface area contributed by atoms with Crippen molar-refractivity contribution >= 4 is 17.8 Å². The van der Waals surface area contributed by atoms with Gasteiger partial charge in [0.1, 0.15) is 0 Å². The molecule has 1 saturated carbocycles. The molecule has 2 aliphatic rings. The van der Waals surface area contributed by atoms with E-state index in [0.29, 0.717) is 25.9 Å². The van der Waals surface area contributed by atoms with Gasteiger partial charge in [0.05, 0.1) is 12.5 Å². The van der Waals surface area contributed by atoms with Gasteiger partial charge in [0.15, 0.2) is 0 Å². The Bertz CT molecular complexity index is 446. The normalized spacial score (nSPS) is 21.1. The van der Waals surface area contributed by atoms with Crippen molar-refractivity contribution in [1.29, 1.82) is 0 Å². The second kappa shape index (κ2) is 6.67. The van der Waals surface area contributed by atoms with Crippen molar-refractivity contribution in [2.75, 3.05) is 26.7 Å². The minimum atomic E-state index is -0.783. The Labute approximate surface area is 131 Å². The van der Waals surface area contributed by atoms with Gasteiger partial charge >= 0.3 is 5.97 Å². The molecule has 6 heteroatoms. The van der Waals surface area contributed by atoms with Crippen LogP contribution in [-0.4, -0.2) is 59.4 Å². The molecule has 0 aromatic heterocycles. The molecule has 22 heavy (non-hydrogen) atoms. The molecular weight excluding hydrogens is 284 g/mol. The Morgan fingerprint density at radius 3 is 2.23 bits per heavy atom. The molecule has 6 nitrogen and oxygen atoms in total. The highest BCUT2D eigenvalue weighted by Crippen LogP contribution is 2.45. The predicted molar refractivity (Wildman–Crippen MR) is 81.2 cm³/mol. The van der Waals surface area contributed by atoms with Crippen LogP contribution in [0.15, 0.2) is 0 Å². The van der Waals surface area contributed by atoms with Gasteiger partial charge in [-0.25, -0.2) is 0 Å². The molecular formula is C16H26N2O4. The second-order valence-electron chi connectivity index (χ2n) is 6.64. The lowest BCUT2D eigenvalue weighted by Gasteiger charge is -2.42. The van der Waals surface area contributed by atoms with Crippen molar-refractivity contribution < 1.29 is 19.5 Å². The summed E-state index contributed by atoms with van der Waals surface area (Å²) in [6, 6.07) is 0. The summed E-state index contributed by atoms with van der Waals surface area (Å²) in [5, 5.41) is 8.98. The summed E-state index contributed by atoms with van der Waals surface area (Å²) >= 11 is 0. The quantitative estimate of drug-likeness (QED) is 0.831. The van der Waals surface area contributed by atoms with Crippen molar-refractivity contribution in [3.05, 3.63) is 0 Å². The molecule has 0 atom stereocenters. The van der Waals surface area contributed by atoms with E-state index in [2.05, 4.69) is 0 Å². The van der Waals surface area contributed by atoms with Crippen LogP contribution in [0.2, 0.25) is 0 Å². The fourth-order valence-corrected chi connectivity index (χ4v) is 3.48. The molecule has 1 saturated heterocycles. The van der Waals surface area contributed by atoms with Crippen LogP contribution in [0, 0.1) is 11.3 Å². The molecule has 2 amide bonds. The van der Waals surface area contributed by atoms with Crippen molar-refractivity contribution in [2.45, 2.75) is 45.4 Å². The molecule has 1 heterocycles. The first-order valence-corrected chi connectivity index (χ1v) is 8.16. The van der Waals surface area contributed by atoms with Crippen LogP contribution in [-0.2, 0) is 14.4 Å². The maximum absolute atomic E-state index is 12.5. The second-order valence-corrected chi connectivity index (χ2v) is 6.64. The van der Waals surface area contributed by atoms with E-state index in [0.717, 1.165) is 25.7 Å². The number of piperidine rings is 1. The number of carbonyl (C=O) groups excluding carboxylic acids is 2. The van der Waals surface area contributed by atoms with Crippen molar-refractivity contribution in [3.63, 3.8) is 0 Å². The third kappa shape index (κ3) is 3.25. The summed E-state index contributed by atoms with van der Waals surface area (Å²) < 4.78 is 0. The number of rotatable bonds is 5. The monoisotopic (exact) mass is 310 g/mol. The van der Waals surface area contributed by atoms with Gasteiger partial charge in [-0.15, -0.1) is 0 Å². The molecule has 0 aromatic carbocycles. The number of amides is 2. The Morgan fingerprint density at radius 2 is 1.82 bits per heavy atom. The van der Waals surface area contributed by atoms with Gasteiger partial charge in [-0.2, -0.15) is 0 Å². The van der Waals surface area contributed by atoms with Crippen molar-refractivity contribution in [3.8, 4) is 0 Å². The molecule has 1 aliphatic heterocycles. The van der Waals surface area contributed by atoms with E-state index in [4.69, 9.17) is 5.11 Å². The molecule has 124 valence electrons. The predicted octanol–water partition coefficient (Wildman–Crippen LogP) is 1.35. The van der Waals surface area contributed by atoms with Crippen LogP contribution in [0.4, 0.5) is 0 Å². The van der Waals surface area contributed by atoms with E-state index >= 15 is 0 Å². The zero-order valence-corrected chi connectivity index (χ0v) is 13.5. The summed E-state index contributed by atoms with van der Waals surface area (Å²) in [4.78, 5) is 39.0. The standard InChI is InChI=1S/C16H26N2O4/c1-3-16(7-4-8-16)15(22)17(2)11-13(19)18-9-5-12(6-10-18)14(20)21/h12H,3-11H2,1-2H3,(H,20,21). The van der Waals surface area contributed by atoms with Crippen LogP contribution >= 0.6 is 0 Å². The van der Waals surface area contributed by atoms with Crippen LogP contribution in [0.5, 0.6) is 0 Å². The van der Waals surface area contributed by atoms with Gasteiger partial charge in [-0.3, -0.25) is 14.4 Å². The number of likely N-dealkylation sites (tertiary alicyclic amines) is 1. The first kappa shape index (κ1) is 16.8. The van der Waals surface area contributed by atoms with E-state index in [1.165, 1.54) is 0 Å². The summed E-state index contributed by atoms with van der Waals surface area (Å²) in [6.07, 6.45) is 4.75. The van der Waals surface area contributed by atoms with Crippen LogP contribution in [0.25, 0.3) is 0 Å². The largest absolute Gasteiger partial charge is 0.481 e. The summed E-state index contributed by atoms with van der Waals surface area (Å²) in [7, 11) is 1.69. The maximum atomic E-state index is 12.5. The average Bonchev–Trinajstić information content (AvgIpc) is 2.46. The highest BCUT2D eigenvalue weighted by atomic mass is 16.4. The summed E-state index contributed by atoms with van der Waals surface area (Å²) in [6.45, 7) is 3.06. The van der Waals surface area contributed by atoms with Gasteiger partial charge < -0.3 is 14.9 Å². The number of likely N-dealkylation sites (N-methyl/N-ethyl adjacent to an activating group) is 1. The fraction of sp³-hybridized carbons (Fsp3) is 0.812. The number of aliphatic carboxylic acids is 1. The van der Waals surface area contributed by atoms with Gasteiger partial charge in [0.2, 0.25) is 11.8 Å². The highest BCUT2D eigenvalue weighted by molar-refractivity contribution is 5.88. The lowest BCUT2D eigenvalue weighted by atomic mass is 9.66. The molecule has 1 N–H and O–H groups in total. The minimum absolute atomic E-state index is 0.0785. The SMILES string of the molecule is CCC1(C(=O)N(C)CC(=O)N2CCC(C(=O)O)CC2)CCC1. The first-order valence-electron chi connectivity index (χ1n) is 8.16. The van der Waals surface area contributed by atoms with Gasteiger partial charge in [0.25, 0.3) is 0 Å². The first-order chi connectivity index (χ1) is 10.4. The molecule has 0 spiro atoms. The van der Waals surface area contributed by atoms with E-state index in [9.17, 15) is 14.4 Å². The number of hydrogen-bond acceptors (Lipinski definition) is 3. The topological polar surface area (TPSA) is 77.9 Å². The molecule has 1 aliphatic carbocycles. The van der Waals surface area contributed by atoms with Crippen LogP contribution in [0.3, 0.4) is 0 Å². The number of carboxylic acids is 1. The third-order valence-corrected chi connectivity index (χ3v) is 5.36. The lowest BCUT2D eigenvalue weighted by Crippen LogP contribution is -2.50. The number of hydrogen-bond donors (Lipinski definition) is 1. The minimum Gasteiger partial charge on any atom is -0.481 e. The highest BCUT2D eigenvalue weighted by Gasteiger charge is 2.44. The molecule has 2 fully saturated rings. The number of nitrogens with zero attached hydrogens (tertiary/aromatic N) is 2. The van der Waals surface area contributed by atoms with Crippen molar-refractivity contribution in [2.24, 2.45) is 11.3 Å². The Hall–Kier alpha value is -1.59. The maximum Gasteiger partial charge on any atom is 0.306 e. The fourth-order valence-electron chi connectivity index (χ4n) is 3.48. The Balaban J connectivity index is 1.84. The Morgan fingerprint density at radius 1 is 1.23 bits per heavy atom.